The van der Waals surface area contributed by atoms with Crippen LogP contribution in [0.2, 0.25) is 0 Å². The number of aromatic amines is 1. The number of phenolic OH excluding ortho intramolecular Hbond substituents is 1. The Morgan fingerprint density at radius 1 is 1.18 bits per heavy atom. The molecule has 3 aromatic rings. The fourth-order valence-corrected chi connectivity index (χ4v) is 2.26. The number of H-pyrrole nitrogens is 1. The Kier molecular flexibility index (Phi) is 3.70. The summed E-state index contributed by atoms with van der Waals surface area (Å²) in [5, 5.41) is 10.5. The van der Waals surface area contributed by atoms with Crippen LogP contribution in [0.25, 0.3) is 10.9 Å². The van der Waals surface area contributed by atoms with E-state index in [0.717, 1.165) is 5.56 Å². The number of esters is 1. The normalized spacial score (nSPS) is 10.6. The van der Waals surface area contributed by atoms with Crippen LogP contribution in [-0.4, -0.2) is 23.2 Å². The van der Waals surface area contributed by atoms with E-state index >= 15 is 0 Å². The van der Waals surface area contributed by atoms with Crippen molar-refractivity contribution in [2.45, 2.75) is 6.61 Å². The van der Waals surface area contributed by atoms with Crippen LogP contribution in [0.3, 0.4) is 0 Å². The summed E-state index contributed by atoms with van der Waals surface area (Å²) in [4.78, 5) is 14.5. The Labute approximate surface area is 127 Å². The molecule has 0 amide bonds. The van der Waals surface area contributed by atoms with E-state index < -0.39 is 5.97 Å². The molecule has 0 bridgehead atoms. The molecule has 1 heterocycles. The predicted molar refractivity (Wildman–Crippen MR) is 82.1 cm³/mol. The van der Waals surface area contributed by atoms with Crippen molar-refractivity contribution < 1.29 is 19.4 Å². The van der Waals surface area contributed by atoms with E-state index in [1.165, 1.54) is 19.2 Å². The molecule has 0 radical (unpaired) electrons. The third-order valence-corrected chi connectivity index (χ3v) is 3.33. The predicted octanol–water partition coefficient (Wildman–Crippen LogP) is 3.24. The molecule has 5 heteroatoms. The molecule has 0 aliphatic heterocycles. The first kappa shape index (κ1) is 14.0. The second-order valence-electron chi connectivity index (χ2n) is 4.85. The van der Waals surface area contributed by atoms with Crippen molar-refractivity contribution in [1.82, 2.24) is 4.98 Å². The number of methoxy groups -OCH3 is 1. The zero-order valence-corrected chi connectivity index (χ0v) is 12.0. The van der Waals surface area contributed by atoms with Gasteiger partial charge in [0.25, 0.3) is 0 Å². The highest BCUT2D eigenvalue weighted by Crippen LogP contribution is 2.32. The minimum atomic E-state index is -0.468. The van der Waals surface area contributed by atoms with Gasteiger partial charge in [0.15, 0.2) is 0 Å². The van der Waals surface area contributed by atoms with Gasteiger partial charge in [-0.3, -0.25) is 0 Å². The Morgan fingerprint density at radius 2 is 1.95 bits per heavy atom. The lowest BCUT2D eigenvalue weighted by Crippen LogP contribution is -2.00. The van der Waals surface area contributed by atoms with E-state index in [0.29, 0.717) is 29.0 Å². The van der Waals surface area contributed by atoms with Gasteiger partial charge in [0.05, 0.1) is 12.6 Å². The fourth-order valence-electron chi connectivity index (χ4n) is 2.26. The maximum Gasteiger partial charge on any atom is 0.354 e. The van der Waals surface area contributed by atoms with Gasteiger partial charge in [-0.15, -0.1) is 0 Å². The minimum absolute atomic E-state index is 0.0637. The second-order valence-corrected chi connectivity index (χ2v) is 4.85. The van der Waals surface area contributed by atoms with Gasteiger partial charge in [0.2, 0.25) is 0 Å². The van der Waals surface area contributed by atoms with Crippen LogP contribution in [0.5, 0.6) is 11.5 Å². The van der Waals surface area contributed by atoms with Crippen LogP contribution in [0, 0.1) is 0 Å². The number of carbonyl (C=O) groups excluding carboxylic acids is 1. The molecule has 2 aromatic carbocycles. The van der Waals surface area contributed by atoms with Crippen LogP contribution in [-0.2, 0) is 11.3 Å². The van der Waals surface area contributed by atoms with Crippen molar-refractivity contribution in [2.24, 2.45) is 0 Å². The molecule has 3 rings (SSSR count). The van der Waals surface area contributed by atoms with E-state index in [1.807, 2.05) is 30.3 Å². The number of benzene rings is 2. The monoisotopic (exact) mass is 297 g/mol. The van der Waals surface area contributed by atoms with E-state index in [4.69, 9.17) is 9.47 Å². The van der Waals surface area contributed by atoms with Crippen LogP contribution >= 0.6 is 0 Å². The summed E-state index contributed by atoms with van der Waals surface area (Å²) in [5.74, 6) is 0.101. The standard InChI is InChI=1S/C17H15NO4/c1-21-17(20)15-9-13-14(18-15)7-12(19)8-16(13)22-10-11-5-3-2-4-6-11/h2-9,18-19H,10H2,1H3. The number of nitrogens with one attached hydrogen (secondary N) is 1. The molecule has 2 N–H and O–H groups in total. The first-order valence-corrected chi connectivity index (χ1v) is 6.78. The Morgan fingerprint density at radius 3 is 2.68 bits per heavy atom. The SMILES string of the molecule is COC(=O)c1cc2c(OCc3ccccc3)cc(O)cc2[nH]1. The number of aromatic nitrogens is 1. The van der Waals surface area contributed by atoms with Crippen LogP contribution in [0.4, 0.5) is 0 Å². The summed E-state index contributed by atoms with van der Waals surface area (Å²) >= 11 is 0. The molecule has 0 atom stereocenters. The molecule has 0 fully saturated rings. The third kappa shape index (κ3) is 2.74. The van der Waals surface area contributed by atoms with Crippen molar-refractivity contribution >= 4 is 16.9 Å². The van der Waals surface area contributed by atoms with Gasteiger partial charge >= 0.3 is 5.97 Å². The van der Waals surface area contributed by atoms with Gasteiger partial charge in [0.1, 0.15) is 23.8 Å². The largest absolute Gasteiger partial charge is 0.508 e. The smallest absolute Gasteiger partial charge is 0.354 e. The van der Waals surface area contributed by atoms with Crippen LogP contribution in [0.1, 0.15) is 16.1 Å². The highest BCUT2D eigenvalue weighted by molar-refractivity contribution is 5.97. The number of aromatic hydroxyl groups is 1. The molecule has 5 nitrogen and oxygen atoms in total. The second kappa shape index (κ2) is 5.81. The lowest BCUT2D eigenvalue weighted by atomic mass is 10.2. The van der Waals surface area contributed by atoms with Gasteiger partial charge in [0, 0.05) is 17.5 Å². The number of phenols is 1. The van der Waals surface area contributed by atoms with Crippen molar-refractivity contribution in [3.8, 4) is 11.5 Å². The zero-order valence-electron chi connectivity index (χ0n) is 12.0. The average Bonchev–Trinajstić information content (AvgIpc) is 2.96. The lowest BCUT2D eigenvalue weighted by molar-refractivity contribution is 0.0595. The molecule has 0 unspecified atom stereocenters. The highest BCUT2D eigenvalue weighted by atomic mass is 16.5. The summed E-state index contributed by atoms with van der Waals surface area (Å²) in [6.07, 6.45) is 0. The van der Waals surface area contributed by atoms with Crippen LogP contribution in [0.15, 0.2) is 48.5 Å². The number of rotatable bonds is 4. The third-order valence-electron chi connectivity index (χ3n) is 3.33. The van der Waals surface area contributed by atoms with E-state index in [1.54, 1.807) is 6.07 Å². The molecule has 22 heavy (non-hydrogen) atoms. The zero-order chi connectivity index (χ0) is 15.5. The molecular formula is C17H15NO4. The topological polar surface area (TPSA) is 71.6 Å². The Balaban J connectivity index is 1.94. The number of hydrogen-bond acceptors (Lipinski definition) is 4. The number of fused-ring (bicyclic) bond motifs is 1. The quantitative estimate of drug-likeness (QED) is 0.725. The molecule has 0 spiro atoms. The van der Waals surface area contributed by atoms with Gasteiger partial charge in [-0.1, -0.05) is 30.3 Å². The van der Waals surface area contributed by atoms with Crippen LogP contribution < -0.4 is 4.74 Å². The minimum Gasteiger partial charge on any atom is -0.508 e. The first-order chi connectivity index (χ1) is 10.7. The Hall–Kier alpha value is -2.95. The summed E-state index contributed by atoms with van der Waals surface area (Å²) in [6, 6.07) is 14.4. The first-order valence-electron chi connectivity index (χ1n) is 6.78. The summed E-state index contributed by atoms with van der Waals surface area (Å²) in [7, 11) is 1.32. The van der Waals surface area contributed by atoms with Crippen molar-refractivity contribution in [2.75, 3.05) is 7.11 Å². The summed E-state index contributed by atoms with van der Waals surface area (Å²) in [5.41, 5.74) is 1.94. The average molecular weight is 297 g/mol. The number of hydrogen-bond donors (Lipinski definition) is 2. The summed E-state index contributed by atoms with van der Waals surface area (Å²) in [6.45, 7) is 0.373. The molecule has 0 saturated carbocycles. The van der Waals surface area contributed by atoms with Crippen molar-refractivity contribution in [3.05, 3.63) is 59.8 Å². The fraction of sp³-hybridized carbons (Fsp3) is 0.118. The number of ether oxygens (including phenoxy) is 2. The molecular weight excluding hydrogens is 282 g/mol. The summed E-state index contributed by atoms with van der Waals surface area (Å²) < 4.78 is 10.5. The van der Waals surface area contributed by atoms with Gasteiger partial charge in [-0.05, 0) is 11.6 Å². The van der Waals surface area contributed by atoms with E-state index in [9.17, 15) is 9.90 Å². The van der Waals surface area contributed by atoms with Gasteiger partial charge in [-0.25, -0.2) is 4.79 Å². The van der Waals surface area contributed by atoms with E-state index in [2.05, 4.69) is 4.98 Å². The van der Waals surface area contributed by atoms with E-state index in [-0.39, 0.29) is 5.75 Å². The lowest BCUT2D eigenvalue weighted by Gasteiger charge is -2.08. The molecule has 1 aromatic heterocycles. The molecule has 0 saturated heterocycles. The van der Waals surface area contributed by atoms with Gasteiger partial charge in [-0.2, -0.15) is 0 Å². The van der Waals surface area contributed by atoms with Crippen molar-refractivity contribution in [3.63, 3.8) is 0 Å². The Bertz CT molecular complexity index is 808. The van der Waals surface area contributed by atoms with Gasteiger partial charge < -0.3 is 19.6 Å². The number of carbonyl (C=O) groups is 1. The molecule has 0 aliphatic carbocycles. The highest BCUT2D eigenvalue weighted by Gasteiger charge is 2.14. The maximum atomic E-state index is 11.6. The maximum absolute atomic E-state index is 11.6. The van der Waals surface area contributed by atoms with Crippen molar-refractivity contribution in [1.29, 1.82) is 0 Å². The molecule has 112 valence electrons. The molecule has 0 aliphatic rings.